The van der Waals surface area contributed by atoms with Crippen LogP contribution in [0.15, 0.2) is 12.1 Å². The molecule has 0 unspecified atom stereocenters. The Morgan fingerprint density at radius 1 is 1.12 bits per heavy atom. The molecule has 8 heteroatoms. The van der Waals surface area contributed by atoms with Gasteiger partial charge in [-0.1, -0.05) is 0 Å². The van der Waals surface area contributed by atoms with Gasteiger partial charge in [0.15, 0.2) is 0 Å². The molecule has 2 fully saturated rings. The van der Waals surface area contributed by atoms with Crippen molar-refractivity contribution in [3.8, 4) is 6.07 Å². The van der Waals surface area contributed by atoms with Crippen LogP contribution in [-0.4, -0.2) is 43.4 Å². The van der Waals surface area contributed by atoms with Gasteiger partial charge in [-0.25, -0.2) is 0 Å². The number of nitro groups is 1. The number of benzene rings is 1. The van der Waals surface area contributed by atoms with Gasteiger partial charge in [-0.3, -0.25) is 10.1 Å². The lowest BCUT2D eigenvalue weighted by Crippen LogP contribution is -2.20. The number of hydrogen-bond acceptors (Lipinski definition) is 7. The Balaban J connectivity index is 1.76. The average Bonchev–Trinajstić information content (AvgIpc) is 3.31. The number of anilines is 2. The van der Waals surface area contributed by atoms with Crippen LogP contribution in [0.5, 0.6) is 0 Å². The maximum Gasteiger partial charge on any atom is 0.293 e. The van der Waals surface area contributed by atoms with Crippen LogP contribution in [0.2, 0.25) is 0 Å². The molecule has 1 aromatic carbocycles. The SMILES string of the molecule is N#Cc1cc([N+](=O)[O-])c(NC[C@@H]2CCCO2)cc1NC[C@@H]1CCCO1. The molecule has 0 amide bonds. The van der Waals surface area contributed by atoms with Gasteiger partial charge in [0.05, 0.1) is 28.4 Å². The highest BCUT2D eigenvalue weighted by atomic mass is 16.6. The fourth-order valence-electron chi connectivity index (χ4n) is 3.18. The molecule has 2 aliphatic rings. The van der Waals surface area contributed by atoms with E-state index in [1.807, 2.05) is 6.07 Å². The Bertz CT molecular complexity index is 661. The average molecular weight is 346 g/mol. The van der Waals surface area contributed by atoms with E-state index in [1.165, 1.54) is 6.07 Å². The van der Waals surface area contributed by atoms with Crippen molar-refractivity contribution in [2.45, 2.75) is 37.9 Å². The van der Waals surface area contributed by atoms with E-state index >= 15 is 0 Å². The molecule has 2 heterocycles. The molecule has 0 aliphatic carbocycles. The molecular weight excluding hydrogens is 324 g/mol. The largest absolute Gasteiger partial charge is 0.381 e. The summed E-state index contributed by atoms with van der Waals surface area (Å²) in [6, 6.07) is 4.99. The van der Waals surface area contributed by atoms with Crippen LogP contribution in [0, 0.1) is 21.4 Å². The minimum Gasteiger partial charge on any atom is -0.381 e. The monoisotopic (exact) mass is 346 g/mol. The normalized spacial score (nSPS) is 22.5. The van der Waals surface area contributed by atoms with Gasteiger partial charge in [-0.05, 0) is 31.7 Å². The van der Waals surface area contributed by atoms with Gasteiger partial charge in [0.1, 0.15) is 11.8 Å². The highest BCUT2D eigenvalue weighted by Crippen LogP contribution is 2.32. The van der Waals surface area contributed by atoms with Crippen LogP contribution >= 0.6 is 0 Å². The van der Waals surface area contributed by atoms with Gasteiger partial charge in [0.25, 0.3) is 5.69 Å². The van der Waals surface area contributed by atoms with Crippen LogP contribution in [0.4, 0.5) is 17.1 Å². The number of ether oxygens (including phenoxy) is 2. The van der Waals surface area contributed by atoms with Crippen LogP contribution in [-0.2, 0) is 9.47 Å². The fourth-order valence-corrected chi connectivity index (χ4v) is 3.18. The smallest absolute Gasteiger partial charge is 0.293 e. The van der Waals surface area contributed by atoms with Gasteiger partial charge in [0.2, 0.25) is 0 Å². The molecule has 0 bridgehead atoms. The van der Waals surface area contributed by atoms with E-state index in [0.29, 0.717) is 24.5 Å². The highest BCUT2D eigenvalue weighted by molar-refractivity contribution is 5.74. The highest BCUT2D eigenvalue weighted by Gasteiger charge is 2.22. The third-order valence-electron chi connectivity index (χ3n) is 4.54. The van der Waals surface area contributed by atoms with Crippen LogP contribution in [0.25, 0.3) is 0 Å². The van der Waals surface area contributed by atoms with Crippen molar-refractivity contribution in [3.63, 3.8) is 0 Å². The van der Waals surface area contributed by atoms with Crippen molar-refractivity contribution in [2.75, 3.05) is 36.9 Å². The first-order valence-electron chi connectivity index (χ1n) is 8.61. The lowest BCUT2D eigenvalue weighted by atomic mass is 10.1. The Kier molecular flexibility index (Phi) is 5.68. The van der Waals surface area contributed by atoms with E-state index < -0.39 is 4.92 Å². The van der Waals surface area contributed by atoms with Crippen LogP contribution < -0.4 is 10.6 Å². The molecular formula is C17H22N4O4. The van der Waals surface area contributed by atoms with Crippen LogP contribution in [0.3, 0.4) is 0 Å². The summed E-state index contributed by atoms with van der Waals surface area (Å²) in [7, 11) is 0. The quantitative estimate of drug-likeness (QED) is 0.577. The predicted molar refractivity (Wildman–Crippen MR) is 92.7 cm³/mol. The summed E-state index contributed by atoms with van der Waals surface area (Å²) in [6.07, 6.45) is 4.15. The Morgan fingerprint density at radius 3 is 2.20 bits per heavy atom. The molecule has 0 aromatic heterocycles. The predicted octanol–water partition coefficient (Wildman–Crippen LogP) is 2.65. The summed E-state index contributed by atoms with van der Waals surface area (Å²) in [4.78, 5) is 10.9. The van der Waals surface area contributed by atoms with E-state index in [2.05, 4.69) is 10.6 Å². The second kappa shape index (κ2) is 8.14. The molecule has 134 valence electrons. The molecule has 0 saturated carbocycles. The van der Waals surface area contributed by atoms with Gasteiger partial charge >= 0.3 is 0 Å². The van der Waals surface area contributed by atoms with E-state index in [0.717, 1.165) is 38.9 Å². The molecule has 3 rings (SSSR count). The van der Waals surface area contributed by atoms with Crippen molar-refractivity contribution >= 4 is 17.1 Å². The maximum absolute atomic E-state index is 11.3. The van der Waals surface area contributed by atoms with Gasteiger partial charge in [-0.15, -0.1) is 0 Å². The zero-order valence-electron chi connectivity index (χ0n) is 14.0. The molecule has 2 aliphatic heterocycles. The minimum absolute atomic E-state index is 0.0681. The summed E-state index contributed by atoms with van der Waals surface area (Å²) in [5.41, 5.74) is 1.14. The minimum atomic E-state index is -0.470. The number of nitriles is 1. The molecule has 25 heavy (non-hydrogen) atoms. The third-order valence-corrected chi connectivity index (χ3v) is 4.54. The molecule has 2 saturated heterocycles. The Labute approximate surface area is 146 Å². The summed E-state index contributed by atoms with van der Waals surface area (Å²) in [5, 5.41) is 27.0. The third kappa shape index (κ3) is 4.38. The lowest BCUT2D eigenvalue weighted by Gasteiger charge is -2.16. The van der Waals surface area contributed by atoms with E-state index in [4.69, 9.17) is 9.47 Å². The maximum atomic E-state index is 11.3. The number of rotatable bonds is 7. The van der Waals surface area contributed by atoms with Gasteiger partial charge in [-0.2, -0.15) is 5.26 Å². The van der Waals surface area contributed by atoms with Crippen molar-refractivity contribution in [2.24, 2.45) is 0 Å². The Hall–Kier alpha value is -2.37. The van der Waals surface area contributed by atoms with Crippen molar-refractivity contribution in [1.29, 1.82) is 5.26 Å². The van der Waals surface area contributed by atoms with Crippen LogP contribution in [0.1, 0.15) is 31.2 Å². The van der Waals surface area contributed by atoms with Gasteiger partial charge < -0.3 is 20.1 Å². The first-order chi connectivity index (χ1) is 12.2. The summed E-state index contributed by atoms with van der Waals surface area (Å²) < 4.78 is 11.1. The second-order valence-corrected chi connectivity index (χ2v) is 6.32. The molecule has 1 aromatic rings. The van der Waals surface area contributed by atoms with Gasteiger partial charge in [0, 0.05) is 32.4 Å². The summed E-state index contributed by atoms with van der Waals surface area (Å²) in [6.45, 7) is 2.58. The van der Waals surface area contributed by atoms with Crippen molar-refractivity contribution in [1.82, 2.24) is 0 Å². The molecule has 2 N–H and O–H groups in total. The summed E-state index contributed by atoms with van der Waals surface area (Å²) >= 11 is 0. The zero-order chi connectivity index (χ0) is 17.6. The molecule has 2 atom stereocenters. The van der Waals surface area contributed by atoms with E-state index in [1.54, 1.807) is 6.07 Å². The first kappa shape index (κ1) is 17.5. The fraction of sp³-hybridized carbons (Fsp3) is 0.588. The van der Waals surface area contributed by atoms with E-state index in [-0.39, 0.29) is 23.5 Å². The number of nitrogens with zero attached hydrogens (tertiary/aromatic N) is 2. The number of nitrogens with one attached hydrogen (secondary N) is 2. The van der Waals surface area contributed by atoms with Crippen molar-refractivity contribution in [3.05, 3.63) is 27.8 Å². The second-order valence-electron chi connectivity index (χ2n) is 6.32. The number of hydrogen-bond donors (Lipinski definition) is 2. The molecule has 0 radical (unpaired) electrons. The summed E-state index contributed by atoms with van der Waals surface area (Å²) in [5.74, 6) is 0. The topological polar surface area (TPSA) is 109 Å². The first-order valence-corrected chi connectivity index (χ1v) is 8.61. The Morgan fingerprint density at radius 2 is 1.72 bits per heavy atom. The lowest BCUT2D eigenvalue weighted by molar-refractivity contribution is -0.384. The number of nitro benzene ring substituents is 1. The molecule has 8 nitrogen and oxygen atoms in total. The molecule has 0 spiro atoms. The van der Waals surface area contributed by atoms with Crippen molar-refractivity contribution < 1.29 is 14.4 Å². The van der Waals surface area contributed by atoms with E-state index in [9.17, 15) is 15.4 Å². The standard InChI is InChI=1S/C17H22N4O4/c18-9-12-7-17(21(22)23)16(20-11-14-4-2-6-25-14)8-15(12)19-10-13-3-1-5-24-13/h7-8,13-14,19-20H,1-6,10-11H2/t13-,14-/m0/s1. The zero-order valence-corrected chi connectivity index (χ0v) is 14.0.